The first-order valence-corrected chi connectivity index (χ1v) is 9.24. The van der Waals surface area contributed by atoms with Gasteiger partial charge in [-0.25, -0.2) is 4.98 Å². The fraction of sp³-hybridized carbons (Fsp3) is 0.526. The molecule has 0 atom stereocenters. The lowest BCUT2D eigenvalue weighted by atomic mass is 10.2. The Hall–Kier alpha value is -1.43. The van der Waals surface area contributed by atoms with Crippen molar-refractivity contribution in [2.24, 2.45) is 0 Å². The first kappa shape index (κ1) is 18.9. The van der Waals surface area contributed by atoms with Crippen LogP contribution in [0.25, 0.3) is 0 Å². The van der Waals surface area contributed by atoms with Crippen molar-refractivity contribution in [3.63, 3.8) is 0 Å². The summed E-state index contributed by atoms with van der Waals surface area (Å²) >= 11 is 1.83. The molecule has 0 aliphatic heterocycles. The van der Waals surface area contributed by atoms with Crippen LogP contribution in [0, 0.1) is 0 Å². The third-order valence-electron chi connectivity index (χ3n) is 3.90. The zero-order chi connectivity index (χ0) is 17.5. The van der Waals surface area contributed by atoms with E-state index >= 15 is 0 Å². The highest BCUT2D eigenvalue weighted by molar-refractivity contribution is 7.11. The van der Waals surface area contributed by atoms with Crippen molar-refractivity contribution in [1.82, 2.24) is 14.8 Å². The molecule has 0 saturated heterocycles. The predicted molar refractivity (Wildman–Crippen MR) is 102 cm³/mol. The molecule has 24 heavy (non-hydrogen) atoms. The smallest absolute Gasteiger partial charge is 0.119 e. The maximum absolute atomic E-state index is 5.35. The second-order valence-corrected chi connectivity index (χ2v) is 7.82. The Morgan fingerprint density at radius 1 is 1.17 bits per heavy atom. The Morgan fingerprint density at radius 3 is 2.58 bits per heavy atom. The Balaban J connectivity index is 2.07. The van der Waals surface area contributed by atoms with Crippen LogP contribution in [0.1, 0.15) is 35.2 Å². The van der Waals surface area contributed by atoms with Gasteiger partial charge in [-0.3, -0.25) is 4.90 Å². The van der Waals surface area contributed by atoms with Crippen LogP contribution in [0.15, 0.2) is 30.5 Å². The van der Waals surface area contributed by atoms with E-state index in [0.717, 1.165) is 31.9 Å². The van der Waals surface area contributed by atoms with Gasteiger partial charge in [0, 0.05) is 30.7 Å². The Bertz CT molecular complexity index is 625. The summed E-state index contributed by atoms with van der Waals surface area (Å²) in [6.45, 7) is 8.28. The Labute approximate surface area is 150 Å². The third-order valence-corrected chi connectivity index (χ3v) is 5.19. The average Bonchev–Trinajstić information content (AvgIpc) is 3.01. The van der Waals surface area contributed by atoms with Crippen LogP contribution in [0.4, 0.5) is 0 Å². The molecule has 1 aromatic heterocycles. The third kappa shape index (κ3) is 5.89. The molecule has 132 valence electrons. The second-order valence-electron chi connectivity index (χ2n) is 6.68. The van der Waals surface area contributed by atoms with E-state index in [9.17, 15) is 0 Å². The van der Waals surface area contributed by atoms with Crippen LogP contribution >= 0.6 is 11.3 Å². The molecule has 0 aliphatic rings. The summed E-state index contributed by atoms with van der Waals surface area (Å²) in [4.78, 5) is 10.7. The largest absolute Gasteiger partial charge is 0.497 e. The summed E-state index contributed by atoms with van der Waals surface area (Å²) in [5.74, 6) is 1.46. The molecule has 0 aliphatic carbocycles. The molecule has 5 heteroatoms. The van der Waals surface area contributed by atoms with Gasteiger partial charge in [-0.1, -0.05) is 26.0 Å². The molecular weight excluding hydrogens is 318 g/mol. The highest BCUT2D eigenvalue weighted by Gasteiger charge is 2.12. The Morgan fingerprint density at radius 2 is 1.96 bits per heavy atom. The quantitative estimate of drug-likeness (QED) is 0.689. The average molecular weight is 348 g/mol. The molecule has 1 aromatic carbocycles. The number of methoxy groups -OCH3 is 1. The van der Waals surface area contributed by atoms with E-state index in [0.29, 0.717) is 5.92 Å². The van der Waals surface area contributed by atoms with Crippen LogP contribution in [-0.4, -0.2) is 49.1 Å². The molecule has 1 heterocycles. The lowest BCUT2D eigenvalue weighted by molar-refractivity contribution is 0.225. The second kappa shape index (κ2) is 9.16. The lowest BCUT2D eigenvalue weighted by Crippen LogP contribution is -2.31. The van der Waals surface area contributed by atoms with Crippen LogP contribution < -0.4 is 4.74 Å². The normalized spacial score (nSPS) is 11.7. The molecule has 0 amide bonds. The minimum atomic E-state index is 0.546. The van der Waals surface area contributed by atoms with Crippen LogP contribution in [0.3, 0.4) is 0 Å². The van der Waals surface area contributed by atoms with Gasteiger partial charge in [0.2, 0.25) is 0 Å². The van der Waals surface area contributed by atoms with Crippen LogP contribution in [0.2, 0.25) is 0 Å². The van der Waals surface area contributed by atoms with Gasteiger partial charge < -0.3 is 9.64 Å². The first-order chi connectivity index (χ1) is 11.5. The van der Waals surface area contributed by atoms with E-state index < -0.39 is 0 Å². The van der Waals surface area contributed by atoms with Gasteiger partial charge in [-0.05, 0) is 37.7 Å². The van der Waals surface area contributed by atoms with Gasteiger partial charge in [0.1, 0.15) is 10.8 Å². The minimum Gasteiger partial charge on any atom is -0.497 e. The number of rotatable bonds is 9. The summed E-state index contributed by atoms with van der Waals surface area (Å²) in [5, 5.41) is 1.19. The number of aromatic nitrogens is 1. The number of likely N-dealkylation sites (N-methyl/N-ethyl adjacent to an activating group) is 1. The van der Waals surface area contributed by atoms with Gasteiger partial charge in [0.15, 0.2) is 0 Å². The maximum atomic E-state index is 5.35. The zero-order valence-corrected chi connectivity index (χ0v) is 16.3. The number of thiazole rings is 1. The highest BCUT2D eigenvalue weighted by Crippen LogP contribution is 2.23. The van der Waals surface area contributed by atoms with Crippen LogP contribution in [0.5, 0.6) is 5.75 Å². The molecule has 0 spiro atoms. The molecule has 0 bridgehead atoms. The summed E-state index contributed by atoms with van der Waals surface area (Å²) in [6.07, 6.45) is 2.03. The molecular formula is C19H29N3OS. The van der Waals surface area contributed by atoms with E-state index in [1.54, 1.807) is 7.11 Å². The number of ether oxygens (including phenoxy) is 1. The topological polar surface area (TPSA) is 28.6 Å². The molecule has 0 N–H and O–H groups in total. The number of benzene rings is 1. The van der Waals surface area contributed by atoms with Gasteiger partial charge in [0.05, 0.1) is 13.7 Å². The van der Waals surface area contributed by atoms with Gasteiger partial charge in [0.25, 0.3) is 0 Å². The zero-order valence-electron chi connectivity index (χ0n) is 15.5. The van der Waals surface area contributed by atoms with E-state index in [2.05, 4.69) is 60.9 Å². The van der Waals surface area contributed by atoms with E-state index in [1.807, 2.05) is 23.6 Å². The fourth-order valence-corrected chi connectivity index (χ4v) is 3.41. The number of hydrogen-bond acceptors (Lipinski definition) is 5. The summed E-state index contributed by atoms with van der Waals surface area (Å²) in [7, 11) is 5.94. The van der Waals surface area contributed by atoms with Crippen molar-refractivity contribution in [2.45, 2.75) is 32.9 Å². The molecule has 2 rings (SSSR count). The number of hydrogen-bond donors (Lipinski definition) is 0. The number of nitrogens with zero attached hydrogens (tertiary/aromatic N) is 3. The lowest BCUT2D eigenvalue weighted by Gasteiger charge is -2.23. The first-order valence-electron chi connectivity index (χ1n) is 8.42. The Kier molecular flexibility index (Phi) is 7.21. The van der Waals surface area contributed by atoms with Crippen molar-refractivity contribution in [3.8, 4) is 5.75 Å². The summed E-state index contributed by atoms with van der Waals surface area (Å²) in [5.41, 5.74) is 1.27. The van der Waals surface area contributed by atoms with Crippen LogP contribution in [-0.2, 0) is 13.1 Å². The van der Waals surface area contributed by atoms with E-state index in [4.69, 9.17) is 4.74 Å². The van der Waals surface area contributed by atoms with Crippen molar-refractivity contribution < 1.29 is 4.74 Å². The molecule has 4 nitrogen and oxygen atoms in total. The van der Waals surface area contributed by atoms with Gasteiger partial charge >= 0.3 is 0 Å². The van der Waals surface area contributed by atoms with Crippen molar-refractivity contribution >= 4 is 11.3 Å². The molecule has 0 fully saturated rings. The fourth-order valence-electron chi connectivity index (χ4n) is 2.44. The van der Waals surface area contributed by atoms with Gasteiger partial charge in [-0.2, -0.15) is 0 Å². The minimum absolute atomic E-state index is 0.546. The van der Waals surface area contributed by atoms with E-state index in [1.165, 1.54) is 15.4 Å². The van der Waals surface area contributed by atoms with E-state index in [-0.39, 0.29) is 0 Å². The molecule has 2 aromatic rings. The standard InChI is InChI=1S/C19H29N3OS/c1-15(2)18-12-20-19(24-18)14-22(10-9-21(3)4)13-16-7-6-8-17(11-16)23-5/h6-8,11-12,15H,9-10,13-14H2,1-5H3. The SMILES string of the molecule is COc1cccc(CN(CCN(C)C)Cc2ncc(C(C)C)s2)c1. The van der Waals surface area contributed by atoms with Crippen molar-refractivity contribution in [1.29, 1.82) is 0 Å². The summed E-state index contributed by atoms with van der Waals surface area (Å²) in [6, 6.07) is 8.32. The van der Waals surface area contributed by atoms with Crippen molar-refractivity contribution in [2.75, 3.05) is 34.3 Å². The van der Waals surface area contributed by atoms with Crippen molar-refractivity contribution in [3.05, 3.63) is 45.9 Å². The molecule has 0 radical (unpaired) electrons. The molecule has 0 unspecified atom stereocenters. The monoisotopic (exact) mass is 347 g/mol. The van der Waals surface area contributed by atoms with Gasteiger partial charge in [-0.15, -0.1) is 11.3 Å². The summed E-state index contributed by atoms with van der Waals surface area (Å²) < 4.78 is 5.35. The molecule has 0 saturated carbocycles. The predicted octanol–water partition coefficient (Wildman–Crippen LogP) is 3.84. The highest BCUT2D eigenvalue weighted by atomic mass is 32.1. The maximum Gasteiger partial charge on any atom is 0.119 e.